The van der Waals surface area contributed by atoms with E-state index in [2.05, 4.69) is 10.2 Å². The predicted molar refractivity (Wildman–Crippen MR) is 75.7 cm³/mol. The van der Waals surface area contributed by atoms with Crippen molar-refractivity contribution in [3.8, 4) is 0 Å². The van der Waals surface area contributed by atoms with Gasteiger partial charge in [-0.3, -0.25) is 9.69 Å². The summed E-state index contributed by atoms with van der Waals surface area (Å²) in [6.45, 7) is 4.25. The van der Waals surface area contributed by atoms with Gasteiger partial charge in [-0.1, -0.05) is 12.1 Å². The highest BCUT2D eigenvalue weighted by Crippen LogP contribution is 2.31. The molecule has 0 aliphatic carbocycles. The van der Waals surface area contributed by atoms with E-state index in [-0.39, 0.29) is 5.56 Å². The van der Waals surface area contributed by atoms with E-state index in [9.17, 15) is 18.0 Å². The fourth-order valence-corrected chi connectivity index (χ4v) is 2.35. The number of benzene rings is 1. The second-order valence-corrected chi connectivity index (χ2v) is 5.11. The van der Waals surface area contributed by atoms with E-state index in [1.54, 1.807) is 0 Å². The van der Waals surface area contributed by atoms with Crippen LogP contribution in [0.4, 0.5) is 13.2 Å². The van der Waals surface area contributed by atoms with E-state index < -0.39 is 17.6 Å². The summed E-state index contributed by atoms with van der Waals surface area (Å²) in [5.41, 5.74) is -1.23. The minimum absolute atomic E-state index is 0.332. The number of halogens is 3. The minimum Gasteiger partial charge on any atom is -0.379 e. The molecule has 1 heterocycles. The van der Waals surface area contributed by atoms with Gasteiger partial charge in [0.25, 0.3) is 5.91 Å². The van der Waals surface area contributed by atoms with E-state index >= 15 is 0 Å². The monoisotopic (exact) mass is 316 g/mol. The molecule has 4 nitrogen and oxygen atoms in total. The number of carbonyl (C=O) groups excluding carboxylic acids is 1. The number of alkyl halides is 3. The normalized spacial score (nSPS) is 16.5. The van der Waals surface area contributed by atoms with Gasteiger partial charge in [0, 0.05) is 19.6 Å². The van der Waals surface area contributed by atoms with Crippen LogP contribution in [0.2, 0.25) is 0 Å². The van der Waals surface area contributed by atoms with Gasteiger partial charge < -0.3 is 10.1 Å². The largest absolute Gasteiger partial charge is 0.417 e. The van der Waals surface area contributed by atoms with Crippen molar-refractivity contribution in [2.45, 2.75) is 12.6 Å². The summed E-state index contributed by atoms with van der Waals surface area (Å²) < 4.78 is 43.8. The van der Waals surface area contributed by atoms with Crippen molar-refractivity contribution in [3.63, 3.8) is 0 Å². The Bertz CT molecular complexity index is 500. The second-order valence-electron chi connectivity index (χ2n) is 5.11. The number of nitrogens with zero attached hydrogens (tertiary/aromatic N) is 1. The molecule has 0 unspecified atom stereocenters. The van der Waals surface area contributed by atoms with Gasteiger partial charge >= 0.3 is 6.18 Å². The lowest BCUT2D eigenvalue weighted by molar-refractivity contribution is -0.137. The first-order chi connectivity index (χ1) is 10.5. The fourth-order valence-electron chi connectivity index (χ4n) is 2.35. The van der Waals surface area contributed by atoms with Crippen molar-refractivity contribution in [1.29, 1.82) is 0 Å². The van der Waals surface area contributed by atoms with Crippen LogP contribution in [0.25, 0.3) is 0 Å². The van der Waals surface area contributed by atoms with Crippen LogP contribution in [0, 0.1) is 0 Å². The summed E-state index contributed by atoms with van der Waals surface area (Å²) in [5, 5.41) is 2.55. The van der Waals surface area contributed by atoms with E-state index in [0.29, 0.717) is 26.2 Å². The topological polar surface area (TPSA) is 41.6 Å². The van der Waals surface area contributed by atoms with Gasteiger partial charge in [-0.15, -0.1) is 0 Å². The highest BCUT2D eigenvalue weighted by molar-refractivity contribution is 5.95. The molecule has 0 bridgehead atoms. The van der Waals surface area contributed by atoms with Crippen LogP contribution in [-0.4, -0.2) is 50.2 Å². The third kappa shape index (κ3) is 4.71. The maximum absolute atomic E-state index is 12.8. The Labute approximate surface area is 127 Å². The molecule has 1 saturated heterocycles. The third-order valence-corrected chi connectivity index (χ3v) is 3.52. The van der Waals surface area contributed by atoms with Crippen LogP contribution in [0.5, 0.6) is 0 Å². The summed E-state index contributed by atoms with van der Waals surface area (Å²) in [6, 6.07) is 4.82. The average Bonchev–Trinajstić information content (AvgIpc) is 2.51. The summed E-state index contributed by atoms with van der Waals surface area (Å²) in [5.74, 6) is -0.685. The SMILES string of the molecule is O=C(NCCCN1CCOCC1)c1ccccc1C(F)(F)F. The number of hydrogen-bond acceptors (Lipinski definition) is 3. The predicted octanol–water partition coefficient (Wildman–Crippen LogP) is 2.16. The molecular formula is C15H19F3N2O2. The molecule has 0 atom stereocenters. The van der Waals surface area contributed by atoms with E-state index in [0.717, 1.165) is 25.7 Å². The highest BCUT2D eigenvalue weighted by Gasteiger charge is 2.34. The maximum Gasteiger partial charge on any atom is 0.417 e. The minimum atomic E-state index is -4.53. The van der Waals surface area contributed by atoms with E-state index in [1.165, 1.54) is 18.2 Å². The van der Waals surface area contributed by atoms with Crippen molar-refractivity contribution in [3.05, 3.63) is 35.4 Å². The van der Waals surface area contributed by atoms with Gasteiger partial charge in [0.1, 0.15) is 0 Å². The summed E-state index contributed by atoms with van der Waals surface area (Å²) in [7, 11) is 0. The van der Waals surface area contributed by atoms with Crippen molar-refractivity contribution < 1.29 is 22.7 Å². The maximum atomic E-state index is 12.8. The Morgan fingerprint density at radius 3 is 2.59 bits per heavy atom. The quantitative estimate of drug-likeness (QED) is 0.847. The van der Waals surface area contributed by atoms with Gasteiger partial charge in [-0.2, -0.15) is 13.2 Å². The Hall–Kier alpha value is -1.60. The summed E-state index contributed by atoms with van der Waals surface area (Å²) >= 11 is 0. The van der Waals surface area contributed by atoms with Crippen molar-refractivity contribution in [1.82, 2.24) is 10.2 Å². The Balaban J connectivity index is 1.82. The summed E-state index contributed by atoms with van der Waals surface area (Å²) in [6.07, 6.45) is -3.83. The molecule has 0 aromatic heterocycles. The first-order valence-electron chi connectivity index (χ1n) is 7.23. The lowest BCUT2D eigenvalue weighted by atomic mass is 10.1. The summed E-state index contributed by atoms with van der Waals surface area (Å²) in [4.78, 5) is 14.1. The number of carbonyl (C=O) groups is 1. The second kappa shape index (κ2) is 7.60. The number of nitrogens with one attached hydrogen (secondary N) is 1. The van der Waals surface area contributed by atoms with E-state index in [1.807, 2.05) is 0 Å². The molecule has 1 fully saturated rings. The standard InChI is InChI=1S/C15H19F3N2O2/c16-15(17,18)13-5-2-1-4-12(13)14(21)19-6-3-7-20-8-10-22-11-9-20/h1-2,4-5H,3,6-11H2,(H,19,21). The lowest BCUT2D eigenvalue weighted by Crippen LogP contribution is -2.38. The molecular weight excluding hydrogens is 297 g/mol. The molecule has 1 aliphatic heterocycles. The zero-order valence-electron chi connectivity index (χ0n) is 12.2. The molecule has 2 rings (SSSR count). The van der Waals surface area contributed by atoms with Crippen molar-refractivity contribution in [2.24, 2.45) is 0 Å². The van der Waals surface area contributed by atoms with Gasteiger partial charge in [0.15, 0.2) is 0 Å². The van der Waals surface area contributed by atoms with Crippen LogP contribution >= 0.6 is 0 Å². The number of ether oxygens (including phenoxy) is 1. The van der Waals surface area contributed by atoms with Crippen LogP contribution in [-0.2, 0) is 10.9 Å². The van der Waals surface area contributed by atoms with E-state index in [4.69, 9.17) is 4.74 Å². The Morgan fingerprint density at radius 2 is 1.91 bits per heavy atom. The molecule has 22 heavy (non-hydrogen) atoms. The molecule has 0 radical (unpaired) electrons. The van der Waals surface area contributed by atoms with Gasteiger partial charge in [0.05, 0.1) is 24.3 Å². The highest BCUT2D eigenvalue weighted by atomic mass is 19.4. The third-order valence-electron chi connectivity index (χ3n) is 3.52. The zero-order chi connectivity index (χ0) is 16.0. The molecule has 7 heteroatoms. The molecule has 122 valence electrons. The Morgan fingerprint density at radius 1 is 1.23 bits per heavy atom. The molecule has 1 N–H and O–H groups in total. The average molecular weight is 316 g/mol. The van der Waals surface area contributed by atoms with Crippen LogP contribution in [0.15, 0.2) is 24.3 Å². The molecule has 1 aromatic carbocycles. The van der Waals surface area contributed by atoms with Crippen molar-refractivity contribution in [2.75, 3.05) is 39.4 Å². The molecule has 1 aromatic rings. The first kappa shape index (κ1) is 16.8. The van der Waals surface area contributed by atoms with Crippen LogP contribution in [0.3, 0.4) is 0 Å². The molecule has 0 spiro atoms. The number of rotatable bonds is 5. The lowest BCUT2D eigenvalue weighted by Gasteiger charge is -2.26. The Kier molecular flexibility index (Phi) is 5.79. The fraction of sp³-hybridized carbons (Fsp3) is 0.533. The number of hydrogen-bond donors (Lipinski definition) is 1. The molecule has 1 amide bonds. The van der Waals surface area contributed by atoms with Crippen LogP contribution in [0.1, 0.15) is 22.3 Å². The number of morpholine rings is 1. The zero-order valence-corrected chi connectivity index (χ0v) is 12.2. The first-order valence-corrected chi connectivity index (χ1v) is 7.23. The number of amides is 1. The van der Waals surface area contributed by atoms with Gasteiger partial charge in [-0.25, -0.2) is 0 Å². The van der Waals surface area contributed by atoms with Gasteiger partial charge in [0.2, 0.25) is 0 Å². The van der Waals surface area contributed by atoms with Crippen molar-refractivity contribution >= 4 is 5.91 Å². The molecule has 1 aliphatic rings. The molecule has 0 saturated carbocycles. The van der Waals surface area contributed by atoms with Gasteiger partial charge in [-0.05, 0) is 25.1 Å². The van der Waals surface area contributed by atoms with Crippen LogP contribution < -0.4 is 5.32 Å². The smallest absolute Gasteiger partial charge is 0.379 e.